The fourth-order valence-electron chi connectivity index (χ4n) is 2.23. The Morgan fingerprint density at radius 3 is 2.88 bits per heavy atom. The number of aromatic nitrogens is 2. The third-order valence-corrected chi connectivity index (χ3v) is 5.04. The Bertz CT molecular complexity index is 817. The van der Waals surface area contributed by atoms with Crippen LogP contribution in [0.3, 0.4) is 0 Å². The molecule has 2 heterocycles. The van der Waals surface area contributed by atoms with Crippen molar-refractivity contribution in [1.82, 2.24) is 15.1 Å². The fourth-order valence-corrected chi connectivity index (χ4v) is 3.27. The van der Waals surface area contributed by atoms with Gasteiger partial charge in [0.25, 0.3) is 0 Å². The van der Waals surface area contributed by atoms with Gasteiger partial charge in [-0.25, -0.2) is 0 Å². The molecule has 0 spiro atoms. The molecule has 2 aromatic heterocycles. The summed E-state index contributed by atoms with van der Waals surface area (Å²) in [6, 6.07) is 9.81. The number of aryl methyl sites for hydroxylation is 1. The molecular formula is C17H16BrN3O2S. The lowest BCUT2D eigenvalue weighted by Gasteiger charge is -2.17. The minimum Gasteiger partial charge on any atom is -0.421 e. The maximum Gasteiger partial charge on any atom is 0.248 e. The zero-order valence-corrected chi connectivity index (χ0v) is 15.5. The molecule has 0 aliphatic carbocycles. The molecule has 0 saturated carbocycles. The highest BCUT2D eigenvalue weighted by molar-refractivity contribution is 9.10. The van der Waals surface area contributed by atoms with Crippen LogP contribution in [0.1, 0.15) is 17.9 Å². The van der Waals surface area contributed by atoms with Gasteiger partial charge >= 0.3 is 0 Å². The number of nitrogens with zero attached hydrogens (tertiary/aromatic N) is 3. The first kappa shape index (κ1) is 16.9. The zero-order chi connectivity index (χ0) is 16.9. The van der Waals surface area contributed by atoms with Crippen LogP contribution >= 0.6 is 27.3 Å². The van der Waals surface area contributed by atoms with Gasteiger partial charge < -0.3 is 9.32 Å². The maximum absolute atomic E-state index is 12.3. The van der Waals surface area contributed by atoms with Crippen molar-refractivity contribution in [2.24, 2.45) is 0 Å². The van der Waals surface area contributed by atoms with Crippen molar-refractivity contribution < 1.29 is 9.21 Å². The summed E-state index contributed by atoms with van der Waals surface area (Å²) in [6.07, 6.45) is 0.780. The lowest BCUT2D eigenvalue weighted by molar-refractivity contribution is -0.130. The number of carbonyl (C=O) groups excluding carboxylic acids is 1. The molecule has 0 aliphatic rings. The van der Waals surface area contributed by atoms with Crippen molar-refractivity contribution >= 4 is 33.2 Å². The molecule has 0 fully saturated rings. The Labute approximate surface area is 152 Å². The van der Waals surface area contributed by atoms with Crippen molar-refractivity contribution in [2.75, 3.05) is 7.05 Å². The summed E-state index contributed by atoms with van der Waals surface area (Å²) in [6.45, 7) is 0.560. The molecule has 3 aromatic rings. The van der Waals surface area contributed by atoms with Gasteiger partial charge in [-0.05, 0) is 23.1 Å². The van der Waals surface area contributed by atoms with Gasteiger partial charge in [-0.2, -0.15) is 11.3 Å². The van der Waals surface area contributed by atoms with E-state index in [9.17, 15) is 4.79 Å². The molecule has 0 aliphatic heterocycles. The van der Waals surface area contributed by atoms with Gasteiger partial charge in [-0.3, -0.25) is 4.79 Å². The first-order valence-electron chi connectivity index (χ1n) is 7.46. The molecular weight excluding hydrogens is 390 g/mol. The molecule has 0 radical (unpaired) electrons. The van der Waals surface area contributed by atoms with Gasteiger partial charge in [0.05, 0.1) is 0 Å². The number of carbonyl (C=O) groups is 1. The van der Waals surface area contributed by atoms with Gasteiger partial charge in [-0.1, -0.05) is 34.1 Å². The van der Waals surface area contributed by atoms with Crippen LogP contribution in [-0.2, 0) is 17.8 Å². The number of hydrogen-bond acceptors (Lipinski definition) is 5. The average Bonchev–Trinajstić information content (AvgIpc) is 3.25. The molecule has 124 valence electrons. The van der Waals surface area contributed by atoms with E-state index in [0.29, 0.717) is 31.2 Å². The topological polar surface area (TPSA) is 59.2 Å². The third-order valence-electron chi connectivity index (χ3n) is 3.58. The predicted octanol–water partition coefficient (Wildman–Crippen LogP) is 4.15. The van der Waals surface area contributed by atoms with Crippen molar-refractivity contribution in [3.63, 3.8) is 0 Å². The van der Waals surface area contributed by atoms with Gasteiger partial charge in [-0.15, -0.1) is 10.2 Å². The van der Waals surface area contributed by atoms with E-state index in [0.717, 1.165) is 15.6 Å². The van der Waals surface area contributed by atoms with Gasteiger partial charge in [0, 0.05) is 41.9 Å². The quantitative estimate of drug-likeness (QED) is 0.617. The third kappa shape index (κ3) is 4.10. The minimum absolute atomic E-state index is 0.0426. The molecule has 0 bridgehead atoms. The Balaban J connectivity index is 1.54. The Kier molecular flexibility index (Phi) is 5.42. The SMILES string of the molecule is CN(Cc1ccccc1Br)C(=O)CCc1nnc(-c2ccsc2)o1. The smallest absolute Gasteiger partial charge is 0.248 e. The highest BCUT2D eigenvalue weighted by atomic mass is 79.9. The summed E-state index contributed by atoms with van der Waals surface area (Å²) in [7, 11) is 1.80. The van der Waals surface area contributed by atoms with Crippen LogP contribution in [0.25, 0.3) is 11.5 Å². The van der Waals surface area contributed by atoms with Crippen LogP contribution in [0.5, 0.6) is 0 Å². The minimum atomic E-state index is 0.0426. The molecule has 0 N–H and O–H groups in total. The number of rotatable bonds is 6. The molecule has 1 aromatic carbocycles. The zero-order valence-electron chi connectivity index (χ0n) is 13.1. The summed E-state index contributed by atoms with van der Waals surface area (Å²) in [5.41, 5.74) is 1.99. The molecule has 5 nitrogen and oxygen atoms in total. The normalized spacial score (nSPS) is 10.8. The van der Waals surface area contributed by atoms with E-state index in [-0.39, 0.29) is 5.91 Å². The number of thiophene rings is 1. The number of amides is 1. The van der Waals surface area contributed by atoms with Crippen LogP contribution < -0.4 is 0 Å². The van der Waals surface area contributed by atoms with Crippen molar-refractivity contribution in [3.8, 4) is 11.5 Å². The van der Waals surface area contributed by atoms with Crippen molar-refractivity contribution in [1.29, 1.82) is 0 Å². The molecule has 0 unspecified atom stereocenters. The summed E-state index contributed by atoms with van der Waals surface area (Å²) >= 11 is 5.08. The predicted molar refractivity (Wildman–Crippen MR) is 96.5 cm³/mol. The number of halogens is 1. The standard InChI is InChI=1S/C17H16BrN3O2S/c1-21(10-12-4-2-3-5-14(12)18)16(22)7-6-15-19-20-17(23-15)13-8-9-24-11-13/h2-5,8-9,11H,6-7,10H2,1H3. The van der Waals surface area contributed by atoms with Crippen LogP contribution in [0, 0.1) is 0 Å². The lowest BCUT2D eigenvalue weighted by Crippen LogP contribution is -2.26. The molecule has 3 rings (SSSR count). The summed E-state index contributed by atoms with van der Waals surface area (Å²) in [4.78, 5) is 14.0. The van der Waals surface area contributed by atoms with E-state index in [1.54, 1.807) is 23.3 Å². The average molecular weight is 406 g/mol. The Morgan fingerprint density at radius 1 is 1.29 bits per heavy atom. The van der Waals surface area contributed by atoms with E-state index in [4.69, 9.17) is 4.42 Å². The van der Waals surface area contributed by atoms with Gasteiger partial charge in [0.15, 0.2) is 0 Å². The maximum atomic E-state index is 12.3. The number of hydrogen-bond donors (Lipinski definition) is 0. The van der Waals surface area contributed by atoms with E-state index >= 15 is 0 Å². The molecule has 1 amide bonds. The van der Waals surface area contributed by atoms with Crippen molar-refractivity contribution in [3.05, 3.63) is 57.0 Å². The monoisotopic (exact) mass is 405 g/mol. The summed E-state index contributed by atoms with van der Waals surface area (Å²) < 4.78 is 6.60. The van der Waals surface area contributed by atoms with Crippen LogP contribution in [0.4, 0.5) is 0 Å². The summed E-state index contributed by atoms with van der Waals surface area (Å²) in [5.74, 6) is 1.03. The van der Waals surface area contributed by atoms with Crippen molar-refractivity contribution in [2.45, 2.75) is 19.4 Å². The number of benzene rings is 1. The highest BCUT2D eigenvalue weighted by Crippen LogP contribution is 2.21. The van der Waals surface area contributed by atoms with E-state index in [1.807, 2.05) is 41.1 Å². The first-order valence-corrected chi connectivity index (χ1v) is 9.19. The Morgan fingerprint density at radius 2 is 2.12 bits per heavy atom. The second-order valence-corrected chi connectivity index (χ2v) is 6.99. The summed E-state index contributed by atoms with van der Waals surface area (Å²) in [5, 5.41) is 11.9. The lowest BCUT2D eigenvalue weighted by atomic mass is 10.2. The van der Waals surface area contributed by atoms with Gasteiger partial charge in [0.2, 0.25) is 17.7 Å². The van der Waals surface area contributed by atoms with E-state index < -0.39 is 0 Å². The molecule has 0 saturated heterocycles. The first-order chi connectivity index (χ1) is 11.6. The van der Waals surface area contributed by atoms with Gasteiger partial charge in [0.1, 0.15) is 0 Å². The van der Waals surface area contributed by atoms with Crippen LogP contribution in [0.2, 0.25) is 0 Å². The molecule has 24 heavy (non-hydrogen) atoms. The fraction of sp³-hybridized carbons (Fsp3) is 0.235. The van der Waals surface area contributed by atoms with E-state index in [1.165, 1.54) is 0 Å². The molecule has 7 heteroatoms. The van der Waals surface area contributed by atoms with Crippen LogP contribution in [0.15, 0.2) is 50.0 Å². The second kappa shape index (κ2) is 7.72. The Hall–Kier alpha value is -1.99. The molecule has 0 atom stereocenters. The second-order valence-electron chi connectivity index (χ2n) is 5.35. The largest absolute Gasteiger partial charge is 0.421 e. The van der Waals surface area contributed by atoms with Crippen LogP contribution in [-0.4, -0.2) is 28.1 Å². The van der Waals surface area contributed by atoms with E-state index in [2.05, 4.69) is 26.1 Å². The highest BCUT2D eigenvalue weighted by Gasteiger charge is 2.14.